The Hall–Kier alpha value is -1.35. The number of hydrogen-bond donors (Lipinski definition) is 2. The molecule has 15 heavy (non-hydrogen) atoms. The highest BCUT2D eigenvalue weighted by Crippen LogP contribution is 2.16. The second-order valence-corrected chi connectivity index (χ2v) is 3.91. The Balaban J connectivity index is 2.81. The van der Waals surface area contributed by atoms with Gasteiger partial charge in [0, 0.05) is 0 Å². The summed E-state index contributed by atoms with van der Waals surface area (Å²) in [5.41, 5.74) is 8.78. The zero-order chi connectivity index (χ0) is 11.4. The molecule has 1 amide bonds. The predicted molar refractivity (Wildman–Crippen MR) is 61.5 cm³/mol. The largest absolute Gasteiger partial charge is 0.348 e. The molecule has 0 heterocycles. The third kappa shape index (κ3) is 3.36. The molecular weight excluding hydrogens is 188 g/mol. The number of amides is 1. The molecule has 1 aromatic carbocycles. The Morgan fingerprint density at radius 1 is 1.33 bits per heavy atom. The molecule has 0 fully saturated rings. The Morgan fingerprint density at radius 2 is 1.87 bits per heavy atom. The van der Waals surface area contributed by atoms with Crippen molar-refractivity contribution in [3.63, 3.8) is 0 Å². The maximum absolute atomic E-state index is 11.1. The molecule has 0 aliphatic carbocycles. The van der Waals surface area contributed by atoms with Gasteiger partial charge in [0.15, 0.2) is 0 Å². The summed E-state index contributed by atoms with van der Waals surface area (Å²) in [4.78, 5) is 11.1. The van der Waals surface area contributed by atoms with Crippen LogP contribution in [0.5, 0.6) is 0 Å². The minimum Gasteiger partial charge on any atom is -0.348 e. The molecule has 3 nitrogen and oxygen atoms in total. The first kappa shape index (κ1) is 11.7. The minimum absolute atomic E-state index is 0.0136. The van der Waals surface area contributed by atoms with Crippen LogP contribution in [-0.2, 0) is 4.79 Å². The van der Waals surface area contributed by atoms with Gasteiger partial charge in [-0.25, -0.2) is 0 Å². The fourth-order valence-corrected chi connectivity index (χ4v) is 1.64. The summed E-state index contributed by atoms with van der Waals surface area (Å²) in [7, 11) is 0. The number of carbonyl (C=O) groups excluding carboxylic acids is 1. The van der Waals surface area contributed by atoms with Gasteiger partial charge in [-0.15, -0.1) is 0 Å². The molecule has 0 bridgehead atoms. The first-order chi connectivity index (χ1) is 7.02. The van der Waals surface area contributed by atoms with E-state index in [1.807, 2.05) is 20.8 Å². The second kappa shape index (κ2) is 4.94. The van der Waals surface area contributed by atoms with Gasteiger partial charge in [0.25, 0.3) is 0 Å². The zero-order valence-electron chi connectivity index (χ0n) is 9.50. The van der Waals surface area contributed by atoms with Crippen molar-refractivity contribution in [2.75, 3.05) is 6.54 Å². The van der Waals surface area contributed by atoms with Crippen molar-refractivity contribution in [2.45, 2.75) is 26.8 Å². The maximum Gasteiger partial charge on any atom is 0.234 e. The lowest BCUT2D eigenvalue weighted by molar-refractivity contribution is -0.120. The van der Waals surface area contributed by atoms with Crippen molar-refractivity contribution < 1.29 is 4.79 Å². The van der Waals surface area contributed by atoms with E-state index in [-0.39, 0.29) is 18.5 Å². The van der Waals surface area contributed by atoms with E-state index >= 15 is 0 Å². The predicted octanol–water partition coefficient (Wildman–Crippen LogP) is 1.44. The van der Waals surface area contributed by atoms with E-state index in [1.54, 1.807) is 0 Å². The first-order valence-corrected chi connectivity index (χ1v) is 5.10. The molecule has 0 radical (unpaired) electrons. The first-order valence-electron chi connectivity index (χ1n) is 5.10. The smallest absolute Gasteiger partial charge is 0.234 e. The fraction of sp³-hybridized carbons (Fsp3) is 0.417. The van der Waals surface area contributed by atoms with Crippen LogP contribution in [0.15, 0.2) is 18.2 Å². The lowest BCUT2D eigenvalue weighted by Crippen LogP contribution is -2.32. The molecule has 3 heteroatoms. The van der Waals surface area contributed by atoms with Crippen molar-refractivity contribution in [3.05, 3.63) is 34.9 Å². The van der Waals surface area contributed by atoms with Gasteiger partial charge in [0.1, 0.15) is 0 Å². The molecule has 1 rings (SSSR count). The molecule has 0 spiro atoms. The Labute approximate surface area is 90.7 Å². The summed E-state index contributed by atoms with van der Waals surface area (Å²) < 4.78 is 0. The van der Waals surface area contributed by atoms with E-state index in [4.69, 9.17) is 5.73 Å². The topological polar surface area (TPSA) is 55.1 Å². The van der Waals surface area contributed by atoms with Gasteiger partial charge in [-0.3, -0.25) is 4.79 Å². The molecule has 0 aromatic heterocycles. The van der Waals surface area contributed by atoms with E-state index in [0.717, 1.165) is 5.56 Å². The Bertz CT molecular complexity index is 340. The van der Waals surface area contributed by atoms with Crippen LogP contribution < -0.4 is 11.1 Å². The summed E-state index contributed by atoms with van der Waals surface area (Å²) in [6.45, 7) is 6.10. The highest BCUT2D eigenvalue weighted by atomic mass is 16.1. The highest BCUT2D eigenvalue weighted by molar-refractivity contribution is 5.78. The monoisotopic (exact) mass is 206 g/mol. The van der Waals surface area contributed by atoms with Gasteiger partial charge >= 0.3 is 0 Å². The van der Waals surface area contributed by atoms with Crippen molar-refractivity contribution >= 4 is 5.91 Å². The molecule has 0 aliphatic rings. The summed E-state index contributed by atoms with van der Waals surface area (Å²) >= 11 is 0. The van der Waals surface area contributed by atoms with E-state index in [2.05, 4.69) is 23.5 Å². The van der Waals surface area contributed by atoms with Gasteiger partial charge in [-0.2, -0.15) is 0 Å². The molecule has 0 saturated carbocycles. The molecule has 1 unspecified atom stereocenters. The second-order valence-electron chi connectivity index (χ2n) is 3.91. The number of hydrogen-bond acceptors (Lipinski definition) is 2. The molecule has 0 aliphatic heterocycles. The van der Waals surface area contributed by atoms with Crippen LogP contribution >= 0.6 is 0 Å². The van der Waals surface area contributed by atoms with E-state index in [1.165, 1.54) is 11.1 Å². The zero-order valence-corrected chi connectivity index (χ0v) is 9.50. The van der Waals surface area contributed by atoms with E-state index in [9.17, 15) is 4.79 Å². The van der Waals surface area contributed by atoms with Gasteiger partial charge in [0.05, 0.1) is 12.6 Å². The Kier molecular flexibility index (Phi) is 3.86. The Morgan fingerprint density at radius 3 is 2.33 bits per heavy atom. The standard InChI is InChI=1S/C12H18N2O/c1-8-4-9(2)6-11(5-8)10(3)14-12(15)7-13/h4-6,10H,7,13H2,1-3H3,(H,14,15). The fourth-order valence-electron chi connectivity index (χ4n) is 1.64. The number of benzene rings is 1. The van der Waals surface area contributed by atoms with Crippen molar-refractivity contribution in [3.8, 4) is 0 Å². The maximum atomic E-state index is 11.1. The van der Waals surface area contributed by atoms with Crippen molar-refractivity contribution in [2.24, 2.45) is 5.73 Å². The van der Waals surface area contributed by atoms with Crippen LogP contribution in [0, 0.1) is 13.8 Å². The molecule has 3 N–H and O–H groups in total. The van der Waals surface area contributed by atoms with Crippen molar-refractivity contribution in [1.82, 2.24) is 5.32 Å². The lowest BCUT2D eigenvalue weighted by Gasteiger charge is -2.15. The number of carbonyl (C=O) groups is 1. The van der Waals surface area contributed by atoms with E-state index < -0.39 is 0 Å². The van der Waals surface area contributed by atoms with Crippen LogP contribution in [0.4, 0.5) is 0 Å². The van der Waals surface area contributed by atoms with Gasteiger partial charge in [-0.05, 0) is 26.3 Å². The average molecular weight is 206 g/mol. The molecule has 82 valence electrons. The van der Waals surface area contributed by atoms with Crippen LogP contribution in [0.25, 0.3) is 0 Å². The summed E-state index contributed by atoms with van der Waals surface area (Å²) in [5.74, 6) is -0.123. The summed E-state index contributed by atoms with van der Waals surface area (Å²) in [6, 6.07) is 6.28. The number of nitrogens with two attached hydrogens (primary N) is 1. The van der Waals surface area contributed by atoms with Crippen LogP contribution in [0.2, 0.25) is 0 Å². The van der Waals surface area contributed by atoms with Gasteiger partial charge < -0.3 is 11.1 Å². The quantitative estimate of drug-likeness (QED) is 0.786. The van der Waals surface area contributed by atoms with Crippen molar-refractivity contribution in [1.29, 1.82) is 0 Å². The highest BCUT2D eigenvalue weighted by Gasteiger charge is 2.08. The third-order valence-electron chi connectivity index (χ3n) is 2.31. The van der Waals surface area contributed by atoms with Crippen LogP contribution in [0.1, 0.15) is 29.7 Å². The number of nitrogens with one attached hydrogen (secondary N) is 1. The normalized spacial score (nSPS) is 12.3. The minimum atomic E-state index is -0.123. The average Bonchev–Trinajstić information content (AvgIpc) is 2.16. The van der Waals surface area contributed by atoms with Gasteiger partial charge in [0.2, 0.25) is 5.91 Å². The van der Waals surface area contributed by atoms with E-state index in [0.29, 0.717) is 0 Å². The third-order valence-corrected chi connectivity index (χ3v) is 2.31. The molecule has 1 atom stereocenters. The summed E-state index contributed by atoms with van der Waals surface area (Å²) in [5, 5.41) is 2.84. The number of rotatable bonds is 3. The molecule has 0 saturated heterocycles. The molecular formula is C12H18N2O. The van der Waals surface area contributed by atoms with Gasteiger partial charge in [-0.1, -0.05) is 29.3 Å². The number of aryl methyl sites for hydroxylation is 2. The van der Waals surface area contributed by atoms with Crippen LogP contribution in [-0.4, -0.2) is 12.5 Å². The SMILES string of the molecule is Cc1cc(C)cc(C(C)NC(=O)CN)c1. The lowest BCUT2D eigenvalue weighted by atomic mass is 10.0. The molecule has 1 aromatic rings. The summed E-state index contributed by atoms with van der Waals surface area (Å²) in [6.07, 6.45) is 0. The van der Waals surface area contributed by atoms with Crippen LogP contribution in [0.3, 0.4) is 0 Å².